The maximum Gasteiger partial charge on any atom is 0.255 e. The highest BCUT2D eigenvalue weighted by atomic mass is 16.7. The number of aliphatic hydroxyl groups is 1. The molecule has 11 nitrogen and oxygen atoms in total. The number of carbonyl (C=O) groups is 1. The van der Waals surface area contributed by atoms with Crippen LogP contribution >= 0.6 is 0 Å². The SMILES string of the molecule is COc1c2c(cc3c1[C@@H](c1nnnn1-c1ccc(C(=O)Nc4ccc(CCO)cc4)cc1)N(C)CC3)OCO2. The van der Waals surface area contributed by atoms with E-state index in [-0.39, 0.29) is 25.3 Å². The molecule has 3 aromatic carbocycles. The van der Waals surface area contributed by atoms with Crippen molar-refractivity contribution in [1.29, 1.82) is 0 Å². The number of ether oxygens (including phenoxy) is 3. The highest BCUT2D eigenvalue weighted by molar-refractivity contribution is 6.04. The van der Waals surface area contributed by atoms with E-state index in [1.807, 2.05) is 49.5 Å². The van der Waals surface area contributed by atoms with E-state index in [9.17, 15) is 4.79 Å². The van der Waals surface area contributed by atoms with E-state index in [4.69, 9.17) is 19.3 Å². The fourth-order valence-corrected chi connectivity index (χ4v) is 5.15. The quantitative estimate of drug-likeness (QED) is 0.373. The molecule has 200 valence electrons. The summed E-state index contributed by atoms with van der Waals surface area (Å²) in [5, 5.41) is 24.7. The second-order valence-electron chi connectivity index (χ2n) is 9.47. The third kappa shape index (κ3) is 4.55. The molecule has 0 saturated heterocycles. The minimum absolute atomic E-state index is 0.0868. The number of anilines is 1. The zero-order chi connectivity index (χ0) is 26.9. The number of tetrazole rings is 1. The molecule has 2 aliphatic heterocycles. The molecule has 2 N–H and O–H groups in total. The molecule has 0 saturated carbocycles. The Morgan fingerprint density at radius 1 is 1.15 bits per heavy atom. The molecule has 0 bridgehead atoms. The Labute approximate surface area is 224 Å². The van der Waals surface area contributed by atoms with Gasteiger partial charge in [0.05, 0.1) is 12.8 Å². The smallest absolute Gasteiger partial charge is 0.255 e. The lowest BCUT2D eigenvalue weighted by Gasteiger charge is -2.34. The Kier molecular flexibility index (Phi) is 6.59. The van der Waals surface area contributed by atoms with E-state index in [2.05, 4.69) is 25.7 Å². The summed E-state index contributed by atoms with van der Waals surface area (Å²) in [5.74, 6) is 2.30. The molecule has 6 rings (SSSR count). The number of amides is 1. The summed E-state index contributed by atoms with van der Waals surface area (Å²) in [7, 11) is 3.65. The fourth-order valence-electron chi connectivity index (χ4n) is 5.15. The van der Waals surface area contributed by atoms with Gasteiger partial charge in [-0.15, -0.1) is 5.10 Å². The van der Waals surface area contributed by atoms with Gasteiger partial charge >= 0.3 is 0 Å². The van der Waals surface area contributed by atoms with Crippen LogP contribution in [0.4, 0.5) is 5.69 Å². The van der Waals surface area contributed by atoms with Crippen molar-refractivity contribution in [2.24, 2.45) is 0 Å². The first-order valence-corrected chi connectivity index (χ1v) is 12.7. The number of nitrogens with one attached hydrogen (secondary N) is 1. The van der Waals surface area contributed by atoms with Crippen molar-refractivity contribution in [2.75, 3.05) is 39.4 Å². The topological polar surface area (TPSA) is 124 Å². The number of aromatic nitrogens is 4. The third-order valence-corrected chi connectivity index (χ3v) is 7.12. The number of rotatable bonds is 7. The molecular formula is C28H28N6O5. The molecule has 1 amide bonds. The van der Waals surface area contributed by atoms with E-state index in [1.54, 1.807) is 23.9 Å². The molecule has 2 aliphatic rings. The maximum atomic E-state index is 12.8. The average Bonchev–Trinajstić information content (AvgIpc) is 3.63. The monoisotopic (exact) mass is 528 g/mol. The molecule has 1 aromatic heterocycles. The first-order valence-electron chi connectivity index (χ1n) is 12.7. The van der Waals surface area contributed by atoms with E-state index >= 15 is 0 Å². The highest BCUT2D eigenvalue weighted by Gasteiger charge is 2.37. The van der Waals surface area contributed by atoms with Gasteiger partial charge < -0.3 is 24.6 Å². The second kappa shape index (κ2) is 10.4. The molecule has 1 atom stereocenters. The van der Waals surface area contributed by atoms with Crippen LogP contribution in [0.15, 0.2) is 54.6 Å². The Bertz CT molecular complexity index is 1500. The van der Waals surface area contributed by atoms with Crippen molar-refractivity contribution < 1.29 is 24.1 Å². The van der Waals surface area contributed by atoms with Gasteiger partial charge in [0.15, 0.2) is 17.3 Å². The number of nitrogens with zero attached hydrogens (tertiary/aromatic N) is 5. The maximum absolute atomic E-state index is 12.8. The first-order chi connectivity index (χ1) is 19.1. The van der Waals surface area contributed by atoms with Gasteiger partial charge in [0.1, 0.15) is 6.04 Å². The van der Waals surface area contributed by atoms with E-state index < -0.39 is 0 Å². The number of hydrogen-bond acceptors (Lipinski definition) is 9. The summed E-state index contributed by atoms with van der Waals surface area (Å²) in [6, 6.07) is 16.3. The van der Waals surface area contributed by atoms with Gasteiger partial charge in [-0.1, -0.05) is 12.1 Å². The van der Waals surface area contributed by atoms with Crippen molar-refractivity contribution in [3.63, 3.8) is 0 Å². The molecule has 39 heavy (non-hydrogen) atoms. The molecule has 3 heterocycles. The van der Waals surface area contributed by atoms with Crippen LogP contribution in [0.3, 0.4) is 0 Å². The van der Waals surface area contributed by atoms with Crippen LogP contribution in [0, 0.1) is 0 Å². The summed E-state index contributed by atoms with van der Waals surface area (Å²) in [5.41, 5.74) is 4.97. The van der Waals surface area contributed by atoms with Crippen LogP contribution in [0.2, 0.25) is 0 Å². The number of methoxy groups -OCH3 is 1. The van der Waals surface area contributed by atoms with Crippen LogP contribution in [0.1, 0.15) is 38.9 Å². The molecule has 0 fully saturated rings. The molecule has 0 radical (unpaired) electrons. The Balaban J connectivity index is 1.28. The highest BCUT2D eigenvalue weighted by Crippen LogP contribution is 2.50. The van der Waals surface area contributed by atoms with Gasteiger partial charge in [0.2, 0.25) is 12.5 Å². The summed E-state index contributed by atoms with van der Waals surface area (Å²) in [6.45, 7) is 1.04. The second-order valence-corrected chi connectivity index (χ2v) is 9.47. The van der Waals surface area contributed by atoms with Crippen molar-refractivity contribution in [3.8, 4) is 22.9 Å². The summed E-state index contributed by atoms with van der Waals surface area (Å²) in [4.78, 5) is 15.0. The summed E-state index contributed by atoms with van der Waals surface area (Å²) < 4.78 is 18.9. The zero-order valence-electron chi connectivity index (χ0n) is 21.6. The van der Waals surface area contributed by atoms with Gasteiger partial charge in [-0.25, -0.2) is 0 Å². The standard InChI is InChI=1S/C28H28N6O5/c1-33-13-11-19-15-22-25(39-16-38-22)26(37-2)23(19)24(33)27-30-31-32-34(27)21-9-5-18(6-10-21)28(36)29-20-7-3-17(4-8-20)12-14-35/h3-10,15,24,35H,11-14,16H2,1-2H3,(H,29,36)/t24-/m0/s1. The first kappa shape index (κ1) is 24.8. The van der Waals surface area contributed by atoms with Gasteiger partial charge in [0.25, 0.3) is 5.91 Å². The van der Waals surface area contributed by atoms with Crippen LogP contribution in [0.5, 0.6) is 17.2 Å². The Hall–Kier alpha value is -4.48. The van der Waals surface area contributed by atoms with Crippen LogP contribution < -0.4 is 19.5 Å². The average molecular weight is 529 g/mol. The lowest BCUT2D eigenvalue weighted by molar-refractivity contribution is 0.102. The number of aliphatic hydroxyl groups excluding tert-OH is 1. The van der Waals surface area contributed by atoms with Crippen molar-refractivity contribution in [3.05, 3.63) is 82.7 Å². The molecular weight excluding hydrogens is 500 g/mol. The molecule has 4 aromatic rings. The number of benzene rings is 3. The van der Waals surface area contributed by atoms with Gasteiger partial charge in [-0.05, 0) is 83.9 Å². The number of hydrogen-bond donors (Lipinski definition) is 2. The summed E-state index contributed by atoms with van der Waals surface area (Å²) >= 11 is 0. The van der Waals surface area contributed by atoms with Gasteiger partial charge in [0, 0.05) is 30.0 Å². The summed E-state index contributed by atoms with van der Waals surface area (Å²) in [6.07, 6.45) is 1.40. The molecule has 0 aliphatic carbocycles. The molecule has 0 unspecified atom stereocenters. The van der Waals surface area contributed by atoms with Crippen molar-refractivity contribution >= 4 is 11.6 Å². The van der Waals surface area contributed by atoms with Crippen LogP contribution in [-0.2, 0) is 12.8 Å². The number of likely N-dealkylation sites (N-methyl/N-ethyl adjacent to an activating group) is 1. The lowest BCUT2D eigenvalue weighted by Crippen LogP contribution is -2.35. The Morgan fingerprint density at radius 3 is 2.69 bits per heavy atom. The van der Waals surface area contributed by atoms with Crippen LogP contribution in [-0.4, -0.2) is 70.2 Å². The number of fused-ring (bicyclic) bond motifs is 2. The van der Waals surface area contributed by atoms with Crippen LogP contribution in [0.25, 0.3) is 5.69 Å². The zero-order valence-corrected chi connectivity index (χ0v) is 21.6. The minimum Gasteiger partial charge on any atom is -0.492 e. The van der Waals surface area contributed by atoms with Gasteiger partial charge in [-0.3, -0.25) is 9.69 Å². The molecule has 11 heteroatoms. The fraction of sp³-hybridized carbons (Fsp3) is 0.286. The van der Waals surface area contributed by atoms with Crippen molar-refractivity contribution in [2.45, 2.75) is 18.9 Å². The third-order valence-electron chi connectivity index (χ3n) is 7.12. The van der Waals surface area contributed by atoms with E-state index in [1.165, 1.54) is 0 Å². The van der Waals surface area contributed by atoms with E-state index in [0.717, 1.165) is 35.3 Å². The number of carbonyl (C=O) groups excluding carboxylic acids is 1. The minimum atomic E-state index is -0.287. The van der Waals surface area contributed by atoms with Crippen molar-refractivity contribution in [1.82, 2.24) is 25.1 Å². The lowest BCUT2D eigenvalue weighted by atomic mass is 9.90. The predicted molar refractivity (Wildman–Crippen MR) is 142 cm³/mol. The Morgan fingerprint density at radius 2 is 1.95 bits per heavy atom. The van der Waals surface area contributed by atoms with E-state index in [0.29, 0.717) is 40.7 Å². The van der Waals surface area contributed by atoms with Gasteiger partial charge in [-0.2, -0.15) is 4.68 Å². The predicted octanol–water partition coefficient (Wildman–Crippen LogP) is 2.76. The molecule has 0 spiro atoms. The normalized spacial score (nSPS) is 16.1. The largest absolute Gasteiger partial charge is 0.492 e.